The second-order valence-electron chi connectivity index (χ2n) is 3.86. The Bertz CT molecular complexity index is 497. The lowest BCUT2D eigenvalue weighted by Gasteiger charge is -2.04. The number of amides is 1. The van der Waals surface area contributed by atoms with Crippen molar-refractivity contribution in [1.82, 2.24) is 5.32 Å². The minimum Gasteiger partial charge on any atom is -0.496 e. The molecule has 0 heterocycles. The highest BCUT2D eigenvalue weighted by Crippen LogP contribution is 2.25. The topological polar surface area (TPSA) is 81.5 Å². The minimum atomic E-state index is -0.465. The van der Waals surface area contributed by atoms with Crippen molar-refractivity contribution in [3.63, 3.8) is 0 Å². The van der Waals surface area contributed by atoms with Crippen LogP contribution in [-0.2, 0) is 4.79 Å². The Kier molecular flexibility index (Phi) is 5.53. The van der Waals surface area contributed by atoms with Gasteiger partial charge in [0.2, 0.25) is 5.91 Å². The Balaban J connectivity index is 2.69. The zero-order valence-electron chi connectivity index (χ0n) is 10.9. The van der Waals surface area contributed by atoms with Gasteiger partial charge in [-0.25, -0.2) is 0 Å². The van der Waals surface area contributed by atoms with E-state index in [1.165, 1.54) is 26.2 Å². The van der Waals surface area contributed by atoms with Crippen LogP contribution in [0.4, 0.5) is 5.69 Å². The molecule has 0 aliphatic heterocycles. The number of carbonyl (C=O) groups excluding carboxylic acids is 1. The number of hydrogen-bond donors (Lipinski definition) is 1. The smallest absolute Gasteiger partial charge is 0.273 e. The van der Waals surface area contributed by atoms with Crippen molar-refractivity contribution >= 4 is 17.7 Å². The molecule has 0 aromatic heterocycles. The van der Waals surface area contributed by atoms with Crippen LogP contribution in [0.15, 0.2) is 24.3 Å². The maximum Gasteiger partial charge on any atom is 0.273 e. The summed E-state index contributed by atoms with van der Waals surface area (Å²) in [5, 5.41) is 13.3. The first-order valence-corrected chi connectivity index (χ1v) is 5.78. The molecule has 6 nitrogen and oxygen atoms in total. The van der Waals surface area contributed by atoms with Crippen LogP contribution < -0.4 is 10.1 Å². The van der Waals surface area contributed by atoms with Crippen molar-refractivity contribution in [2.24, 2.45) is 0 Å². The normalized spacial score (nSPS) is 10.4. The molecule has 1 aromatic carbocycles. The second kappa shape index (κ2) is 7.15. The summed E-state index contributed by atoms with van der Waals surface area (Å²) >= 11 is 0. The summed E-state index contributed by atoms with van der Waals surface area (Å²) < 4.78 is 5.11. The summed E-state index contributed by atoms with van der Waals surface area (Å²) in [5.74, 6) is 0.381. The number of nitro groups is 1. The van der Waals surface area contributed by atoms with Gasteiger partial charge in [-0.05, 0) is 12.5 Å². The third-order valence-corrected chi connectivity index (χ3v) is 2.41. The van der Waals surface area contributed by atoms with Gasteiger partial charge in [0.1, 0.15) is 5.75 Å². The Labute approximate surface area is 111 Å². The molecule has 0 aliphatic rings. The number of benzene rings is 1. The molecule has 0 spiro atoms. The molecule has 0 saturated carbocycles. The number of non-ortho nitro benzene ring substituents is 1. The van der Waals surface area contributed by atoms with Crippen molar-refractivity contribution in [3.8, 4) is 5.75 Å². The van der Waals surface area contributed by atoms with Crippen molar-refractivity contribution in [2.45, 2.75) is 13.3 Å². The third kappa shape index (κ3) is 4.79. The fourth-order valence-electron chi connectivity index (χ4n) is 1.49. The third-order valence-electron chi connectivity index (χ3n) is 2.41. The lowest BCUT2D eigenvalue weighted by Crippen LogP contribution is -2.20. The van der Waals surface area contributed by atoms with E-state index in [1.807, 2.05) is 12.2 Å². The molecule has 0 radical (unpaired) electrons. The van der Waals surface area contributed by atoms with E-state index in [2.05, 4.69) is 5.32 Å². The van der Waals surface area contributed by atoms with Gasteiger partial charge in [0.05, 0.1) is 18.1 Å². The molecule has 6 heteroatoms. The summed E-state index contributed by atoms with van der Waals surface area (Å²) in [6.07, 6.45) is 4.36. The summed E-state index contributed by atoms with van der Waals surface area (Å²) in [6.45, 7) is 2.02. The van der Waals surface area contributed by atoms with Crippen LogP contribution in [0, 0.1) is 10.1 Å². The van der Waals surface area contributed by atoms with Gasteiger partial charge in [0.15, 0.2) is 0 Å². The number of ether oxygens (including phenoxy) is 1. The zero-order chi connectivity index (χ0) is 14.3. The molecule has 0 aliphatic carbocycles. The molecule has 0 atom stereocenters. The average Bonchev–Trinajstić information content (AvgIpc) is 2.37. The van der Waals surface area contributed by atoms with Crippen molar-refractivity contribution in [2.75, 3.05) is 13.7 Å². The molecule has 1 N–H and O–H groups in total. The minimum absolute atomic E-state index is 0.00718. The quantitative estimate of drug-likeness (QED) is 0.485. The molecule has 1 amide bonds. The molecule has 102 valence electrons. The highest BCUT2D eigenvalue weighted by Gasteiger charge is 2.09. The Morgan fingerprint density at radius 3 is 2.84 bits per heavy atom. The maximum absolute atomic E-state index is 10.7. The van der Waals surface area contributed by atoms with Gasteiger partial charge in [0.25, 0.3) is 5.69 Å². The number of rotatable bonds is 6. The SMILES string of the molecule is COc1cc([N+](=O)[O-])ccc1C=CCCNC(C)=O. The monoisotopic (exact) mass is 264 g/mol. The number of methoxy groups -OCH3 is 1. The summed E-state index contributed by atoms with van der Waals surface area (Å²) in [6, 6.07) is 4.44. The van der Waals surface area contributed by atoms with Crippen LogP contribution in [0.2, 0.25) is 0 Å². The highest BCUT2D eigenvalue weighted by molar-refractivity contribution is 5.72. The molecule has 1 rings (SSSR count). The number of carbonyl (C=O) groups is 1. The van der Waals surface area contributed by atoms with E-state index in [4.69, 9.17) is 4.74 Å². The number of nitrogens with zero attached hydrogens (tertiary/aromatic N) is 1. The van der Waals surface area contributed by atoms with Crippen molar-refractivity contribution < 1.29 is 14.5 Å². The Morgan fingerprint density at radius 2 is 2.26 bits per heavy atom. The van der Waals surface area contributed by atoms with Crippen LogP contribution in [0.1, 0.15) is 18.9 Å². The van der Waals surface area contributed by atoms with E-state index in [-0.39, 0.29) is 11.6 Å². The van der Waals surface area contributed by atoms with Crippen LogP contribution >= 0.6 is 0 Å². The first-order valence-electron chi connectivity index (χ1n) is 5.78. The van der Waals surface area contributed by atoms with Gasteiger partial charge in [-0.1, -0.05) is 12.2 Å². The number of nitro benzene ring substituents is 1. The Hall–Kier alpha value is -2.37. The highest BCUT2D eigenvalue weighted by atomic mass is 16.6. The van der Waals surface area contributed by atoms with Gasteiger partial charge < -0.3 is 10.1 Å². The summed E-state index contributed by atoms with van der Waals surface area (Å²) in [4.78, 5) is 20.8. The predicted molar refractivity (Wildman–Crippen MR) is 72.0 cm³/mol. The maximum atomic E-state index is 10.7. The molecular formula is C13H16N2O4. The van der Waals surface area contributed by atoms with E-state index in [1.54, 1.807) is 6.07 Å². The lowest BCUT2D eigenvalue weighted by atomic mass is 10.1. The van der Waals surface area contributed by atoms with E-state index in [9.17, 15) is 14.9 Å². The predicted octanol–water partition coefficient (Wildman–Crippen LogP) is 2.14. The van der Waals surface area contributed by atoms with E-state index in [0.29, 0.717) is 18.7 Å². The molecule has 0 fully saturated rings. The van der Waals surface area contributed by atoms with Gasteiger partial charge in [-0.15, -0.1) is 0 Å². The van der Waals surface area contributed by atoms with E-state index in [0.717, 1.165) is 5.56 Å². The van der Waals surface area contributed by atoms with E-state index >= 15 is 0 Å². The number of nitrogens with one attached hydrogen (secondary N) is 1. The van der Waals surface area contributed by atoms with Gasteiger partial charge in [0, 0.05) is 25.1 Å². The first kappa shape index (κ1) is 14.7. The fourth-order valence-corrected chi connectivity index (χ4v) is 1.49. The second-order valence-corrected chi connectivity index (χ2v) is 3.86. The van der Waals surface area contributed by atoms with E-state index < -0.39 is 4.92 Å². The number of hydrogen-bond acceptors (Lipinski definition) is 4. The molecule has 0 unspecified atom stereocenters. The Morgan fingerprint density at radius 1 is 1.53 bits per heavy atom. The van der Waals surface area contributed by atoms with Crippen LogP contribution in [0.25, 0.3) is 6.08 Å². The molecule has 19 heavy (non-hydrogen) atoms. The molecule has 0 saturated heterocycles. The first-order chi connectivity index (χ1) is 9.04. The average molecular weight is 264 g/mol. The van der Waals surface area contributed by atoms with Gasteiger partial charge in [-0.2, -0.15) is 0 Å². The fraction of sp³-hybridized carbons (Fsp3) is 0.308. The zero-order valence-corrected chi connectivity index (χ0v) is 10.9. The van der Waals surface area contributed by atoms with Crippen LogP contribution in [0.5, 0.6) is 5.75 Å². The van der Waals surface area contributed by atoms with Crippen molar-refractivity contribution in [3.05, 3.63) is 40.0 Å². The standard InChI is InChI=1S/C13H16N2O4/c1-10(16)14-8-4-3-5-11-6-7-12(15(17)18)9-13(11)19-2/h3,5-7,9H,4,8H2,1-2H3,(H,14,16). The molecule has 0 bridgehead atoms. The van der Waals surface area contributed by atoms with Crippen LogP contribution in [-0.4, -0.2) is 24.5 Å². The van der Waals surface area contributed by atoms with Crippen molar-refractivity contribution in [1.29, 1.82) is 0 Å². The lowest BCUT2D eigenvalue weighted by molar-refractivity contribution is -0.384. The van der Waals surface area contributed by atoms with Crippen LogP contribution in [0.3, 0.4) is 0 Å². The summed E-state index contributed by atoms with van der Waals surface area (Å²) in [5.41, 5.74) is 0.753. The summed E-state index contributed by atoms with van der Waals surface area (Å²) in [7, 11) is 1.47. The largest absolute Gasteiger partial charge is 0.496 e. The molecule has 1 aromatic rings. The van der Waals surface area contributed by atoms with Gasteiger partial charge in [-0.3, -0.25) is 14.9 Å². The van der Waals surface area contributed by atoms with Gasteiger partial charge >= 0.3 is 0 Å². The molecular weight excluding hydrogens is 248 g/mol.